The summed E-state index contributed by atoms with van der Waals surface area (Å²) in [6, 6.07) is 15.8. The number of phosphoric acid groups is 1. The van der Waals surface area contributed by atoms with Crippen LogP contribution >= 0.6 is 7.82 Å². The van der Waals surface area contributed by atoms with Crippen LogP contribution in [0.4, 0.5) is 5.69 Å². The third-order valence-corrected chi connectivity index (χ3v) is 8.29. The van der Waals surface area contributed by atoms with E-state index in [9.17, 15) is 19.0 Å². The number of nitrogens with one attached hydrogen (secondary N) is 1. The molecule has 11 nitrogen and oxygen atoms in total. The molecule has 0 saturated heterocycles. The number of unbranched alkanes of at least 4 members (excludes halogenated alkanes) is 3. The monoisotopic (exact) mass is 611 g/mol. The Kier molecular flexibility index (Phi) is 11.3. The number of carbonyl (C=O) groups excluding carboxylic acids is 2. The molecular weight excluding hydrogens is 569 g/mol. The second-order valence-electron chi connectivity index (χ2n) is 11.2. The molecule has 3 aromatic rings. The fourth-order valence-corrected chi connectivity index (χ4v) is 6.05. The molecular formula is C31H42N5O6P. The van der Waals surface area contributed by atoms with E-state index in [2.05, 4.69) is 29.5 Å². The summed E-state index contributed by atoms with van der Waals surface area (Å²) in [6.45, 7) is 8.48. The summed E-state index contributed by atoms with van der Waals surface area (Å²) in [5, 5.41) is 11.9. The summed E-state index contributed by atoms with van der Waals surface area (Å²) < 4.78 is 23.4. The van der Waals surface area contributed by atoms with E-state index in [1.807, 2.05) is 53.2 Å². The van der Waals surface area contributed by atoms with Crippen molar-refractivity contribution in [1.82, 2.24) is 20.3 Å². The minimum atomic E-state index is -4.00. The Morgan fingerprint density at radius 2 is 1.67 bits per heavy atom. The molecule has 1 aliphatic heterocycles. The number of aromatic nitrogens is 3. The fraction of sp³-hybridized carbons (Fsp3) is 0.484. The average Bonchev–Trinajstić information content (AvgIpc) is 3.39. The quantitative estimate of drug-likeness (QED) is 0.166. The van der Waals surface area contributed by atoms with Gasteiger partial charge in [-0.15, -0.1) is 5.10 Å². The Morgan fingerprint density at radius 3 is 2.42 bits per heavy atom. The fourth-order valence-electron chi connectivity index (χ4n) is 5.09. The molecule has 43 heavy (non-hydrogen) atoms. The number of phosphoric ester groups is 1. The number of benzene rings is 2. The number of amides is 2. The number of hydrogen-bond donors (Lipinski definition) is 2. The van der Waals surface area contributed by atoms with Crippen LogP contribution < -0.4 is 10.2 Å². The zero-order chi connectivity index (χ0) is 31.0. The van der Waals surface area contributed by atoms with E-state index >= 15 is 0 Å². The van der Waals surface area contributed by atoms with Gasteiger partial charge in [-0.05, 0) is 52.2 Å². The lowest BCUT2D eigenvalue weighted by Crippen LogP contribution is -2.33. The zero-order valence-corrected chi connectivity index (χ0v) is 26.3. The van der Waals surface area contributed by atoms with Gasteiger partial charge in [-0.25, -0.2) is 9.25 Å². The molecule has 0 aliphatic carbocycles. The van der Waals surface area contributed by atoms with Gasteiger partial charge in [0.2, 0.25) is 11.8 Å². The van der Waals surface area contributed by atoms with Crippen LogP contribution in [0.15, 0.2) is 48.5 Å². The van der Waals surface area contributed by atoms with Gasteiger partial charge in [-0.2, -0.15) is 0 Å². The third-order valence-electron chi connectivity index (χ3n) is 7.09. The van der Waals surface area contributed by atoms with Gasteiger partial charge in [0.25, 0.3) is 0 Å². The molecule has 2 N–H and O–H groups in total. The van der Waals surface area contributed by atoms with E-state index in [4.69, 9.17) is 9.05 Å². The predicted molar refractivity (Wildman–Crippen MR) is 165 cm³/mol. The van der Waals surface area contributed by atoms with Crippen LogP contribution in [0.3, 0.4) is 0 Å². The highest BCUT2D eigenvalue weighted by atomic mass is 31.2. The number of rotatable bonds is 14. The van der Waals surface area contributed by atoms with Crippen molar-refractivity contribution < 1.29 is 28.1 Å². The number of anilines is 1. The second kappa shape index (κ2) is 14.9. The molecule has 0 spiro atoms. The van der Waals surface area contributed by atoms with Crippen LogP contribution in [0, 0.1) is 0 Å². The van der Waals surface area contributed by atoms with E-state index in [1.54, 1.807) is 18.7 Å². The van der Waals surface area contributed by atoms with Gasteiger partial charge >= 0.3 is 7.82 Å². The first-order valence-electron chi connectivity index (χ1n) is 14.9. The highest BCUT2D eigenvalue weighted by Crippen LogP contribution is 2.44. The number of para-hydroxylation sites is 1. The number of nitrogens with zero attached hydrogens (tertiary/aromatic N) is 4. The minimum Gasteiger partial charge on any atom is -0.356 e. The smallest absolute Gasteiger partial charge is 0.356 e. The normalized spacial score (nSPS) is 14.0. The van der Waals surface area contributed by atoms with Gasteiger partial charge in [-0.3, -0.25) is 18.6 Å². The van der Waals surface area contributed by atoms with Crippen molar-refractivity contribution in [2.24, 2.45) is 0 Å². The number of hydrogen-bond acceptors (Lipinski definition) is 7. The molecule has 0 saturated carbocycles. The first-order chi connectivity index (χ1) is 20.6. The molecule has 2 amide bonds. The first kappa shape index (κ1) is 32.5. The maximum Gasteiger partial charge on any atom is 0.472 e. The van der Waals surface area contributed by atoms with Gasteiger partial charge in [0, 0.05) is 36.6 Å². The number of fused-ring (bicyclic) bond motifs is 5. The molecule has 0 fully saturated rings. The maximum atomic E-state index is 13.6. The summed E-state index contributed by atoms with van der Waals surface area (Å²) >= 11 is 0. The molecule has 2 heterocycles. The largest absolute Gasteiger partial charge is 0.472 e. The van der Waals surface area contributed by atoms with Crippen LogP contribution in [0.2, 0.25) is 0 Å². The Labute approximate surface area is 253 Å². The second-order valence-corrected chi connectivity index (χ2v) is 12.6. The molecule has 1 atom stereocenters. The lowest BCUT2D eigenvalue weighted by Gasteiger charge is -2.29. The van der Waals surface area contributed by atoms with Crippen molar-refractivity contribution in [3.8, 4) is 22.5 Å². The first-order valence-corrected chi connectivity index (χ1v) is 16.4. The standard InChI is InChI=1S/C31H42N5O6P/c1-22(2)36-31-25-14-8-7-13-24(25)21-35(27-16-10-9-15-26(27)30(31)33-34-36)29(38)18-17-28(37)32-19-11-5-6-12-20-41-43(39,40)42-23(3)4/h7-10,13-16,22-23H,5-6,11-12,17-21H2,1-4H3,(H,32,37)(H,39,40). The molecule has 1 aliphatic rings. The summed E-state index contributed by atoms with van der Waals surface area (Å²) in [5.74, 6) is -0.314. The van der Waals surface area contributed by atoms with Crippen LogP contribution in [-0.4, -0.2) is 51.0 Å². The molecule has 12 heteroatoms. The minimum absolute atomic E-state index is 0.0743. The predicted octanol–water partition coefficient (Wildman–Crippen LogP) is 6.04. The van der Waals surface area contributed by atoms with Gasteiger partial charge in [-0.1, -0.05) is 60.5 Å². The van der Waals surface area contributed by atoms with Crippen molar-refractivity contribution in [2.75, 3.05) is 18.1 Å². The molecule has 2 aromatic carbocycles. The molecule has 1 unspecified atom stereocenters. The summed E-state index contributed by atoms with van der Waals surface area (Å²) in [7, 11) is -4.00. The highest BCUT2D eigenvalue weighted by Gasteiger charge is 2.29. The van der Waals surface area contributed by atoms with Crippen molar-refractivity contribution in [2.45, 2.75) is 84.9 Å². The Hall–Kier alpha value is -3.37. The van der Waals surface area contributed by atoms with Gasteiger partial charge < -0.3 is 15.1 Å². The average molecular weight is 612 g/mol. The van der Waals surface area contributed by atoms with Crippen molar-refractivity contribution in [1.29, 1.82) is 0 Å². The van der Waals surface area contributed by atoms with E-state index in [0.29, 0.717) is 19.5 Å². The Morgan fingerprint density at radius 1 is 0.977 bits per heavy atom. The Bertz CT molecular complexity index is 1460. The van der Waals surface area contributed by atoms with Crippen LogP contribution in [0.5, 0.6) is 0 Å². The SMILES string of the molecule is CC(C)OP(=O)(O)OCCCCCCNC(=O)CCC(=O)N1Cc2ccccc2-c2c(nnn2C(C)C)-c2ccccc21. The van der Waals surface area contributed by atoms with Gasteiger partial charge in [0.1, 0.15) is 5.69 Å². The van der Waals surface area contributed by atoms with Crippen molar-refractivity contribution in [3.63, 3.8) is 0 Å². The van der Waals surface area contributed by atoms with E-state index in [1.165, 1.54) is 0 Å². The van der Waals surface area contributed by atoms with Crippen molar-refractivity contribution in [3.05, 3.63) is 54.1 Å². The summed E-state index contributed by atoms with van der Waals surface area (Å²) in [5.41, 5.74) is 5.22. The lowest BCUT2D eigenvalue weighted by molar-refractivity contribution is -0.125. The summed E-state index contributed by atoms with van der Waals surface area (Å²) in [6.07, 6.45) is 2.76. The topological polar surface area (TPSA) is 136 Å². The maximum absolute atomic E-state index is 13.6. The molecule has 0 radical (unpaired) electrons. The summed E-state index contributed by atoms with van der Waals surface area (Å²) in [4.78, 5) is 37.5. The van der Waals surface area contributed by atoms with Gasteiger partial charge in [0.05, 0.1) is 30.6 Å². The highest BCUT2D eigenvalue weighted by molar-refractivity contribution is 7.47. The zero-order valence-electron chi connectivity index (χ0n) is 25.4. The lowest BCUT2D eigenvalue weighted by atomic mass is 9.95. The Balaban J connectivity index is 1.32. The molecule has 232 valence electrons. The van der Waals surface area contributed by atoms with Gasteiger partial charge in [0.15, 0.2) is 0 Å². The molecule has 4 rings (SSSR count). The molecule has 0 bridgehead atoms. The van der Waals surface area contributed by atoms with Crippen molar-refractivity contribution >= 4 is 25.3 Å². The van der Waals surface area contributed by atoms with E-state index < -0.39 is 13.9 Å². The van der Waals surface area contributed by atoms with Crippen LogP contribution in [-0.2, 0) is 29.7 Å². The van der Waals surface area contributed by atoms with Crippen LogP contribution in [0.1, 0.15) is 77.8 Å². The molecule has 1 aromatic heterocycles. The number of carbonyl (C=O) groups is 2. The van der Waals surface area contributed by atoms with E-state index in [-0.39, 0.29) is 37.3 Å². The van der Waals surface area contributed by atoms with Crippen LogP contribution in [0.25, 0.3) is 22.5 Å². The third kappa shape index (κ3) is 8.60. The van der Waals surface area contributed by atoms with E-state index in [0.717, 1.165) is 53.0 Å².